The van der Waals surface area contributed by atoms with Gasteiger partial charge in [0.15, 0.2) is 0 Å². The summed E-state index contributed by atoms with van der Waals surface area (Å²) < 4.78 is 9.73. The maximum atomic E-state index is 11.5. The minimum atomic E-state index is -0.440. The molecule has 4 nitrogen and oxygen atoms in total. The largest absolute Gasteiger partial charge is 0.490 e. The first kappa shape index (κ1) is 17.8. The highest BCUT2D eigenvalue weighted by Crippen LogP contribution is 2.33. The van der Waals surface area contributed by atoms with E-state index in [2.05, 4.69) is 4.74 Å². The Morgan fingerprint density at radius 2 is 2.05 bits per heavy atom. The first-order valence-electron chi connectivity index (χ1n) is 7.86. The van der Waals surface area contributed by atoms with Gasteiger partial charge in [-0.05, 0) is 44.1 Å². The van der Waals surface area contributed by atoms with E-state index in [4.69, 9.17) is 9.84 Å². The van der Waals surface area contributed by atoms with Crippen molar-refractivity contribution in [2.45, 2.75) is 51.4 Å². The summed E-state index contributed by atoms with van der Waals surface area (Å²) in [6.45, 7) is 0.284. The van der Waals surface area contributed by atoms with E-state index in [9.17, 15) is 4.79 Å². The molecule has 1 aliphatic carbocycles. The fourth-order valence-electron chi connectivity index (χ4n) is 2.84. The predicted octanol–water partition coefficient (Wildman–Crippen LogP) is 3.36. The van der Waals surface area contributed by atoms with Crippen LogP contribution in [0.15, 0.2) is 23.5 Å². The van der Waals surface area contributed by atoms with E-state index in [1.807, 2.05) is 6.08 Å². The molecule has 0 aromatic rings. The third-order valence-corrected chi connectivity index (χ3v) is 4.06. The van der Waals surface area contributed by atoms with Gasteiger partial charge in [-0.25, -0.2) is 4.79 Å². The van der Waals surface area contributed by atoms with Crippen LogP contribution in [0.5, 0.6) is 0 Å². The zero-order valence-corrected chi connectivity index (χ0v) is 13.3. The van der Waals surface area contributed by atoms with E-state index in [0.29, 0.717) is 5.92 Å². The minimum Gasteiger partial charge on any atom is -0.490 e. The zero-order valence-electron chi connectivity index (χ0n) is 13.3. The zero-order chi connectivity index (χ0) is 15.5. The van der Waals surface area contributed by atoms with Crippen LogP contribution in [0, 0.1) is 5.92 Å². The van der Waals surface area contributed by atoms with Gasteiger partial charge in [0.05, 0.1) is 14.2 Å². The number of methoxy groups -OCH3 is 2. The quantitative estimate of drug-likeness (QED) is 0.323. The van der Waals surface area contributed by atoms with Crippen LogP contribution in [0.2, 0.25) is 0 Å². The van der Waals surface area contributed by atoms with E-state index in [-0.39, 0.29) is 12.4 Å². The van der Waals surface area contributed by atoms with Crippen molar-refractivity contribution in [1.82, 2.24) is 0 Å². The molecule has 0 aromatic carbocycles. The molecular weight excluding hydrogens is 268 g/mol. The molecule has 21 heavy (non-hydrogen) atoms. The van der Waals surface area contributed by atoms with Crippen molar-refractivity contribution in [3.63, 3.8) is 0 Å². The lowest BCUT2D eigenvalue weighted by Gasteiger charge is -2.25. The second-order valence-electron chi connectivity index (χ2n) is 5.48. The molecular formula is C17H28O4. The number of ether oxygens (including phenoxy) is 2. The van der Waals surface area contributed by atoms with E-state index in [1.165, 1.54) is 45.5 Å². The standard InChI is InChI=1S/C17H28O4/c1-20-16(17(19)21-2)12-11-15-10-6-5-9-14(15)8-4-3-7-13-18/h11-12,14,18H,3-10,13H2,1-2H3/b15-11+,16-12-. The molecule has 1 atom stereocenters. The molecule has 0 heterocycles. The van der Waals surface area contributed by atoms with E-state index in [1.54, 1.807) is 6.08 Å². The molecule has 1 saturated carbocycles. The smallest absolute Gasteiger partial charge is 0.373 e. The Hall–Kier alpha value is -1.29. The van der Waals surface area contributed by atoms with Gasteiger partial charge in [0.1, 0.15) is 0 Å². The number of hydrogen-bond donors (Lipinski definition) is 1. The van der Waals surface area contributed by atoms with Crippen LogP contribution in [0.4, 0.5) is 0 Å². The number of carbonyl (C=O) groups is 1. The maximum absolute atomic E-state index is 11.5. The summed E-state index contributed by atoms with van der Waals surface area (Å²) in [4.78, 5) is 11.5. The molecule has 1 aliphatic rings. The summed E-state index contributed by atoms with van der Waals surface area (Å²) >= 11 is 0. The van der Waals surface area contributed by atoms with Crippen molar-refractivity contribution in [2.24, 2.45) is 5.92 Å². The lowest BCUT2D eigenvalue weighted by Crippen LogP contribution is -2.11. The van der Waals surface area contributed by atoms with Crippen molar-refractivity contribution in [2.75, 3.05) is 20.8 Å². The summed E-state index contributed by atoms with van der Waals surface area (Å²) in [5.74, 6) is 0.406. The summed E-state index contributed by atoms with van der Waals surface area (Å²) in [6, 6.07) is 0. The number of unbranched alkanes of at least 4 members (excludes halogenated alkanes) is 2. The Kier molecular flexibility index (Phi) is 8.83. The second kappa shape index (κ2) is 10.4. The second-order valence-corrected chi connectivity index (χ2v) is 5.48. The Morgan fingerprint density at radius 1 is 1.24 bits per heavy atom. The lowest BCUT2D eigenvalue weighted by molar-refractivity contribution is -0.139. The van der Waals surface area contributed by atoms with E-state index in [0.717, 1.165) is 25.7 Å². The van der Waals surface area contributed by atoms with Crippen LogP contribution in [-0.4, -0.2) is 31.9 Å². The number of allylic oxidation sites excluding steroid dienone is 3. The highest BCUT2D eigenvalue weighted by Gasteiger charge is 2.18. The van der Waals surface area contributed by atoms with Gasteiger partial charge < -0.3 is 14.6 Å². The van der Waals surface area contributed by atoms with Crippen LogP contribution in [0.25, 0.3) is 0 Å². The molecule has 0 aliphatic heterocycles. The Labute approximate surface area is 127 Å². The number of rotatable bonds is 8. The van der Waals surface area contributed by atoms with E-state index < -0.39 is 5.97 Å². The Morgan fingerprint density at radius 3 is 2.71 bits per heavy atom. The molecule has 0 aromatic heterocycles. The van der Waals surface area contributed by atoms with Gasteiger partial charge >= 0.3 is 5.97 Å². The van der Waals surface area contributed by atoms with Crippen molar-refractivity contribution in [3.8, 4) is 0 Å². The topological polar surface area (TPSA) is 55.8 Å². The fourth-order valence-corrected chi connectivity index (χ4v) is 2.84. The molecule has 0 radical (unpaired) electrons. The third-order valence-electron chi connectivity index (χ3n) is 4.06. The van der Waals surface area contributed by atoms with Gasteiger partial charge in [0, 0.05) is 6.61 Å². The molecule has 0 saturated heterocycles. The third kappa shape index (κ3) is 6.34. The Bertz CT molecular complexity index is 371. The van der Waals surface area contributed by atoms with Gasteiger partial charge in [0.2, 0.25) is 5.76 Å². The number of esters is 1. The highest BCUT2D eigenvalue weighted by molar-refractivity contribution is 5.86. The number of carbonyl (C=O) groups excluding carboxylic acids is 1. The normalized spacial score (nSPS) is 21.4. The number of aliphatic hydroxyl groups is 1. The molecule has 1 rings (SSSR count). The molecule has 120 valence electrons. The summed E-state index contributed by atoms with van der Waals surface area (Å²) in [5, 5.41) is 8.83. The Balaban J connectivity index is 2.64. The van der Waals surface area contributed by atoms with Gasteiger partial charge in [-0.15, -0.1) is 0 Å². The van der Waals surface area contributed by atoms with Crippen molar-refractivity contribution in [1.29, 1.82) is 0 Å². The predicted molar refractivity (Wildman–Crippen MR) is 82.7 cm³/mol. The molecule has 1 fully saturated rings. The van der Waals surface area contributed by atoms with Gasteiger partial charge in [-0.3, -0.25) is 0 Å². The number of hydrogen-bond acceptors (Lipinski definition) is 4. The van der Waals surface area contributed by atoms with Crippen LogP contribution in [-0.2, 0) is 14.3 Å². The molecule has 0 bridgehead atoms. The number of aliphatic hydroxyl groups excluding tert-OH is 1. The molecule has 4 heteroatoms. The van der Waals surface area contributed by atoms with Gasteiger partial charge in [-0.1, -0.05) is 30.9 Å². The van der Waals surface area contributed by atoms with E-state index >= 15 is 0 Å². The van der Waals surface area contributed by atoms with Crippen LogP contribution in [0.3, 0.4) is 0 Å². The average molecular weight is 296 g/mol. The van der Waals surface area contributed by atoms with Crippen LogP contribution >= 0.6 is 0 Å². The van der Waals surface area contributed by atoms with Gasteiger partial charge in [-0.2, -0.15) is 0 Å². The first-order chi connectivity index (χ1) is 10.2. The summed E-state index contributed by atoms with van der Waals surface area (Å²) in [5.41, 5.74) is 1.41. The molecule has 1 N–H and O–H groups in total. The van der Waals surface area contributed by atoms with Gasteiger partial charge in [0.25, 0.3) is 0 Å². The summed E-state index contributed by atoms with van der Waals surface area (Å²) in [6.07, 6.45) is 12.9. The molecule has 0 amide bonds. The first-order valence-corrected chi connectivity index (χ1v) is 7.86. The SMILES string of the molecule is COC(=O)/C(=C/C=C1\CCCCC1CCCCCO)OC. The van der Waals surface area contributed by atoms with Crippen LogP contribution in [0.1, 0.15) is 51.4 Å². The van der Waals surface area contributed by atoms with Crippen LogP contribution < -0.4 is 0 Å². The summed E-state index contributed by atoms with van der Waals surface area (Å²) in [7, 11) is 2.83. The fraction of sp³-hybridized carbons (Fsp3) is 0.706. The van der Waals surface area contributed by atoms with Crippen molar-refractivity contribution >= 4 is 5.97 Å². The minimum absolute atomic E-state index is 0.245. The van der Waals surface area contributed by atoms with Crippen molar-refractivity contribution < 1.29 is 19.4 Å². The monoisotopic (exact) mass is 296 g/mol. The molecule has 0 spiro atoms. The maximum Gasteiger partial charge on any atom is 0.373 e. The van der Waals surface area contributed by atoms with Crippen molar-refractivity contribution in [3.05, 3.63) is 23.5 Å². The average Bonchev–Trinajstić information content (AvgIpc) is 2.53. The molecule has 1 unspecified atom stereocenters. The lowest BCUT2D eigenvalue weighted by atomic mass is 9.81. The highest BCUT2D eigenvalue weighted by atomic mass is 16.6.